The Labute approximate surface area is 89.4 Å². The molecule has 0 N–H and O–H groups in total. The minimum atomic E-state index is -0.587. The largest absolute Gasteiger partial charge is 0.395 e. The van der Waals surface area contributed by atoms with Gasteiger partial charge in [-0.3, -0.25) is 0 Å². The second kappa shape index (κ2) is 10.9. The summed E-state index contributed by atoms with van der Waals surface area (Å²) < 4.78 is 16.2. The first-order valence-electron chi connectivity index (χ1n) is 5.27. The molecule has 0 rings (SSSR count). The maximum absolute atomic E-state index is 5.55. The van der Waals surface area contributed by atoms with Crippen molar-refractivity contribution in [1.29, 1.82) is 0 Å². The van der Waals surface area contributed by atoms with Crippen LogP contribution >= 0.6 is 0 Å². The van der Waals surface area contributed by atoms with Crippen LogP contribution in [0.1, 0.15) is 26.7 Å². The van der Waals surface area contributed by atoms with Crippen LogP contribution < -0.4 is 0 Å². The molecule has 1 unspecified atom stereocenters. The van der Waals surface area contributed by atoms with Crippen LogP contribution in [0.15, 0.2) is 12.3 Å². The van der Waals surface area contributed by atoms with Crippen LogP contribution in [-0.2, 0) is 13.9 Å². The number of hydrogen-bond donors (Lipinski definition) is 0. The van der Waals surface area contributed by atoms with E-state index in [0.717, 1.165) is 26.1 Å². The Morgan fingerprint density at radius 3 is 2.71 bits per heavy atom. The van der Waals surface area contributed by atoms with Gasteiger partial charge in [0.2, 0.25) is 0 Å². The first-order chi connectivity index (χ1) is 6.85. The van der Waals surface area contributed by atoms with Crippen LogP contribution in [0.4, 0.5) is 0 Å². The Morgan fingerprint density at radius 2 is 2.14 bits per heavy atom. The van der Waals surface area contributed by atoms with Gasteiger partial charge >= 0.3 is 0 Å². The van der Waals surface area contributed by atoms with Crippen LogP contribution in [-0.4, -0.2) is 35.9 Å². The maximum atomic E-state index is 5.55. The highest BCUT2D eigenvalue weighted by Crippen LogP contribution is 2.04. The van der Waals surface area contributed by atoms with Gasteiger partial charge in [-0.2, -0.15) is 0 Å². The highest BCUT2D eigenvalue weighted by molar-refractivity contribution is 6.34. The van der Waals surface area contributed by atoms with Crippen LogP contribution in [0.5, 0.6) is 0 Å². The molecule has 0 amide bonds. The minimum absolute atomic E-state index is 0.0508. The van der Waals surface area contributed by atoms with Gasteiger partial charge in [-0.05, 0) is 26.7 Å². The van der Waals surface area contributed by atoms with Crippen LogP contribution in [0.3, 0.4) is 0 Å². The van der Waals surface area contributed by atoms with Gasteiger partial charge in [0, 0.05) is 19.8 Å². The van der Waals surface area contributed by atoms with Gasteiger partial charge in [0.25, 0.3) is 0 Å². The third-order valence-corrected chi connectivity index (χ3v) is 2.49. The molecule has 0 aliphatic heterocycles. The molecule has 0 spiro atoms. The van der Waals surface area contributed by atoms with Gasteiger partial charge in [-0.15, -0.1) is 6.58 Å². The van der Waals surface area contributed by atoms with E-state index in [0.29, 0.717) is 6.61 Å². The molecule has 0 aromatic rings. The van der Waals surface area contributed by atoms with Crippen molar-refractivity contribution in [3.05, 3.63) is 12.3 Å². The summed E-state index contributed by atoms with van der Waals surface area (Å²) in [5.74, 6) is 0. The molecule has 14 heavy (non-hydrogen) atoms. The fourth-order valence-corrected chi connectivity index (χ4v) is 1.69. The lowest BCUT2D eigenvalue weighted by molar-refractivity contribution is -0.0816. The van der Waals surface area contributed by atoms with Crippen molar-refractivity contribution in [3.63, 3.8) is 0 Å². The van der Waals surface area contributed by atoms with Crippen molar-refractivity contribution >= 4 is 9.76 Å². The van der Waals surface area contributed by atoms with E-state index in [9.17, 15) is 0 Å². The Balaban J connectivity index is 3.45. The predicted molar refractivity (Wildman–Crippen MR) is 61.0 cm³/mol. The summed E-state index contributed by atoms with van der Waals surface area (Å²) in [5.41, 5.74) is 1.87. The molecule has 1 atom stereocenters. The zero-order valence-electron chi connectivity index (χ0n) is 9.33. The molecule has 0 radical (unpaired) electrons. The third kappa shape index (κ3) is 8.44. The smallest absolute Gasteiger partial charge is 0.188 e. The number of ether oxygens (including phenoxy) is 2. The molecule has 0 saturated carbocycles. The Morgan fingerprint density at radius 1 is 1.36 bits per heavy atom. The second-order valence-electron chi connectivity index (χ2n) is 2.85. The van der Waals surface area contributed by atoms with E-state index in [1.54, 1.807) is 0 Å². The first-order valence-corrected chi connectivity index (χ1v) is 6.66. The van der Waals surface area contributed by atoms with E-state index >= 15 is 0 Å². The topological polar surface area (TPSA) is 27.7 Å². The predicted octanol–water partition coefficient (Wildman–Crippen LogP) is 1.41. The minimum Gasteiger partial charge on any atom is -0.395 e. The van der Waals surface area contributed by atoms with Gasteiger partial charge in [-0.1, -0.05) is 5.70 Å². The van der Waals surface area contributed by atoms with Crippen molar-refractivity contribution < 1.29 is 13.9 Å². The summed E-state index contributed by atoms with van der Waals surface area (Å²) in [6.45, 7) is 9.91. The van der Waals surface area contributed by atoms with Gasteiger partial charge in [0.1, 0.15) is 6.29 Å². The highest BCUT2D eigenvalue weighted by atomic mass is 28.2. The van der Waals surface area contributed by atoms with E-state index in [4.69, 9.17) is 13.9 Å². The summed E-state index contributed by atoms with van der Waals surface area (Å²) in [5, 5.41) is 0. The molecule has 0 bridgehead atoms. The van der Waals surface area contributed by atoms with Crippen molar-refractivity contribution in [2.45, 2.75) is 33.0 Å². The monoisotopic (exact) mass is 218 g/mol. The van der Waals surface area contributed by atoms with Crippen LogP contribution in [0, 0.1) is 0 Å². The fourth-order valence-electron chi connectivity index (χ4n) is 1.07. The highest BCUT2D eigenvalue weighted by Gasteiger charge is 2.06. The average molecular weight is 218 g/mol. The summed E-state index contributed by atoms with van der Waals surface area (Å²) in [6, 6.07) is 0. The molecule has 84 valence electrons. The van der Waals surface area contributed by atoms with Crippen molar-refractivity contribution in [3.8, 4) is 0 Å². The molecule has 3 nitrogen and oxygen atoms in total. The van der Waals surface area contributed by atoms with E-state index in [1.807, 2.05) is 19.5 Å². The first kappa shape index (κ1) is 13.8. The van der Waals surface area contributed by atoms with Gasteiger partial charge < -0.3 is 13.9 Å². The van der Waals surface area contributed by atoms with E-state index in [2.05, 4.69) is 6.58 Å². The molecule has 0 aliphatic rings. The average Bonchev–Trinajstić information content (AvgIpc) is 2.20. The maximum Gasteiger partial charge on any atom is 0.188 e. The molecule has 0 fully saturated rings. The van der Waals surface area contributed by atoms with Gasteiger partial charge in [-0.25, -0.2) is 0 Å². The lowest BCUT2D eigenvalue weighted by Crippen LogP contribution is -2.19. The standard InChI is InChI=1S/C10H22O3Si/c1-4-11-9-7-8-10(12-5-2)13-14-6-3/h6,10H,3-5,7-9,14H2,1-2H3. The summed E-state index contributed by atoms with van der Waals surface area (Å²) in [6.07, 6.45) is 1.85. The summed E-state index contributed by atoms with van der Waals surface area (Å²) in [4.78, 5) is 0. The Kier molecular flexibility index (Phi) is 10.8. The third-order valence-electron chi connectivity index (χ3n) is 1.69. The van der Waals surface area contributed by atoms with Gasteiger partial charge in [0.05, 0.1) is 0 Å². The van der Waals surface area contributed by atoms with E-state index in [1.165, 1.54) is 0 Å². The zero-order chi connectivity index (χ0) is 10.6. The number of rotatable bonds is 10. The normalized spacial score (nSPS) is 13.6. The lowest BCUT2D eigenvalue weighted by Gasteiger charge is -2.16. The molecule has 0 saturated heterocycles. The molecule has 0 aromatic heterocycles. The zero-order valence-corrected chi connectivity index (χ0v) is 10.7. The van der Waals surface area contributed by atoms with Crippen molar-refractivity contribution in [2.75, 3.05) is 19.8 Å². The molecule has 0 heterocycles. The molecular formula is C10H22O3Si. The quantitative estimate of drug-likeness (QED) is 0.315. The lowest BCUT2D eigenvalue weighted by atomic mass is 10.3. The fraction of sp³-hybridized carbons (Fsp3) is 0.800. The number of hydrogen-bond acceptors (Lipinski definition) is 3. The van der Waals surface area contributed by atoms with E-state index < -0.39 is 9.76 Å². The molecule has 0 aromatic carbocycles. The van der Waals surface area contributed by atoms with E-state index in [-0.39, 0.29) is 6.29 Å². The SMILES string of the molecule is C=C[SiH2]OC(CCCOCC)OCC. The van der Waals surface area contributed by atoms with Gasteiger partial charge in [0.15, 0.2) is 9.76 Å². The second-order valence-corrected chi connectivity index (χ2v) is 4.09. The Bertz CT molecular complexity index is 131. The molecular weight excluding hydrogens is 196 g/mol. The Hall–Kier alpha value is -0.163. The molecule has 4 heteroatoms. The van der Waals surface area contributed by atoms with Crippen molar-refractivity contribution in [2.24, 2.45) is 0 Å². The van der Waals surface area contributed by atoms with Crippen molar-refractivity contribution in [1.82, 2.24) is 0 Å². The molecule has 0 aliphatic carbocycles. The van der Waals surface area contributed by atoms with Crippen LogP contribution in [0.2, 0.25) is 0 Å². The summed E-state index contributed by atoms with van der Waals surface area (Å²) in [7, 11) is -0.587. The summed E-state index contributed by atoms with van der Waals surface area (Å²) >= 11 is 0. The van der Waals surface area contributed by atoms with Crippen LogP contribution in [0.25, 0.3) is 0 Å².